The minimum atomic E-state index is 0. The minimum absolute atomic E-state index is 0. The molecule has 0 aliphatic heterocycles. The van der Waals surface area contributed by atoms with Crippen LogP contribution in [0.15, 0.2) is 121 Å². The molecule has 8 rings (SSSR count). The van der Waals surface area contributed by atoms with Gasteiger partial charge in [-0.1, -0.05) is 165 Å². The second-order valence-electron chi connectivity index (χ2n) is 16.0. The number of aryl methyl sites for hydroxylation is 2. The molecule has 0 unspecified atom stereocenters. The monoisotopic (exact) mass is 988 g/mol. The molecule has 0 aromatic heterocycles. The van der Waals surface area contributed by atoms with Crippen LogP contribution >= 0.6 is 71.2 Å². The number of halogens is 6. The Morgan fingerprint density at radius 2 is 1.08 bits per heavy atom. The van der Waals surface area contributed by atoms with Crippen molar-refractivity contribution in [2.45, 2.75) is 79.1 Å². The van der Waals surface area contributed by atoms with Crippen molar-refractivity contribution in [3.63, 3.8) is 0 Å². The molecule has 2 aliphatic carbocycles. The van der Waals surface area contributed by atoms with E-state index in [2.05, 4.69) is 155 Å². The first kappa shape index (κ1) is 53.4. The molecule has 0 nitrogen and oxygen atoms in total. The average molecular weight is 993 g/mol. The summed E-state index contributed by atoms with van der Waals surface area (Å²) in [6.07, 6.45) is 10.9. The maximum absolute atomic E-state index is 5.70. The number of hydrogen-bond acceptors (Lipinski definition) is 0. The van der Waals surface area contributed by atoms with Crippen LogP contribution in [-0.2, 0) is 41.5 Å². The third-order valence-corrected chi connectivity index (χ3v) is 10.7. The zero-order valence-electron chi connectivity index (χ0n) is 35.5. The summed E-state index contributed by atoms with van der Waals surface area (Å²) in [4.78, 5) is 0. The number of allylic oxidation sites excluding steroid dienone is 4. The van der Waals surface area contributed by atoms with Gasteiger partial charge in [0.15, 0.2) is 0 Å². The summed E-state index contributed by atoms with van der Waals surface area (Å²) in [7, 11) is 0. The summed E-state index contributed by atoms with van der Waals surface area (Å²) in [5, 5.41) is 2.60. The summed E-state index contributed by atoms with van der Waals surface area (Å²) < 4.78 is 3.34. The molecule has 0 amide bonds. The van der Waals surface area contributed by atoms with Crippen LogP contribution in [0.25, 0.3) is 33.4 Å². The fourth-order valence-corrected chi connectivity index (χ4v) is 7.26. The number of rotatable bonds is 2. The molecule has 0 radical (unpaired) electrons. The van der Waals surface area contributed by atoms with Crippen molar-refractivity contribution in [2.75, 3.05) is 0 Å². The van der Waals surface area contributed by atoms with E-state index >= 15 is 0 Å². The molecule has 0 saturated heterocycles. The molecule has 2 aliphatic rings. The van der Waals surface area contributed by atoms with Crippen LogP contribution in [0.3, 0.4) is 0 Å². The Hall–Kier alpha value is -2.71. The van der Waals surface area contributed by atoms with Crippen molar-refractivity contribution in [3.8, 4) is 33.4 Å². The third kappa shape index (κ3) is 15.0. The summed E-state index contributed by atoms with van der Waals surface area (Å²) in [5.74, 6) is 0. The molecule has 0 heterocycles. The Labute approximate surface area is 407 Å². The van der Waals surface area contributed by atoms with Crippen LogP contribution in [0.2, 0.25) is 20.1 Å². The number of benzene rings is 6. The molecule has 6 aromatic carbocycles. The molecule has 314 valence electrons. The van der Waals surface area contributed by atoms with Gasteiger partial charge in [0.1, 0.15) is 0 Å². The standard InChI is InChI=1S/C33H33.2C7H5Cl2.C5H5.CH2.2ClH.Zr/c1-32(2,3)30-20-26-24(18-28(30)22-13-9-7-10-14-22)17-25-19-29(23-15-11-8-12-16-23)31(21-27(25)26)33(4,5)6;2*1-5-2-3-6(8)4-7(5)9;1-2-4-5-3-1;;;;/h7-16,18,20-21H,17H2,1-6H3;2*3-4H,1H3;1-3H,4H2;1H2;2*1H;/q4*-1;;;;. The van der Waals surface area contributed by atoms with Crippen molar-refractivity contribution in [3.05, 3.63) is 199 Å². The summed E-state index contributed by atoms with van der Waals surface area (Å²) >= 11 is 23.9. The first-order valence-corrected chi connectivity index (χ1v) is 22.4. The molecule has 60 heavy (non-hydrogen) atoms. The van der Waals surface area contributed by atoms with E-state index in [9.17, 15) is 0 Å². The van der Waals surface area contributed by atoms with E-state index in [0.717, 1.165) is 24.0 Å². The van der Waals surface area contributed by atoms with Crippen LogP contribution in [0.1, 0.15) is 81.3 Å². The van der Waals surface area contributed by atoms with E-state index in [0.29, 0.717) is 20.1 Å². The van der Waals surface area contributed by atoms with Gasteiger partial charge >= 0.3 is 28.4 Å². The van der Waals surface area contributed by atoms with Crippen molar-refractivity contribution in [2.24, 2.45) is 0 Å². The second-order valence-corrected chi connectivity index (χ2v) is 17.7. The molecule has 0 atom stereocenters. The maximum atomic E-state index is 5.70. The quantitative estimate of drug-likeness (QED) is 0.151. The molecular weight excluding hydrogens is 941 g/mol. The van der Waals surface area contributed by atoms with Crippen LogP contribution in [0.5, 0.6) is 0 Å². The number of fused-ring (bicyclic) bond motifs is 3. The first-order valence-electron chi connectivity index (χ1n) is 19.1. The molecular formula is C53H52Cl6Zr-4. The van der Waals surface area contributed by atoms with Crippen LogP contribution in [0, 0.1) is 38.1 Å². The van der Waals surface area contributed by atoms with Gasteiger partial charge in [0.2, 0.25) is 0 Å². The van der Waals surface area contributed by atoms with Crippen molar-refractivity contribution < 1.29 is 24.2 Å². The predicted molar refractivity (Wildman–Crippen MR) is 265 cm³/mol. The van der Waals surface area contributed by atoms with Gasteiger partial charge in [-0.05, 0) is 39.5 Å². The van der Waals surface area contributed by atoms with E-state index in [1.165, 1.54) is 79.9 Å². The summed E-state index contributed by atoms with van der Waals surface area (Å²) in [5.41, 5.74) is 15.4. The molecule has 0 spiro atoms. The van der Waals surface area contributed by atoms with E-state index in [-0.39, 0.29) is 35.6 Å². The second kappa shape index (κ2) is 24.8. The van der Waals surface area contributed by atoms with Gasteiger partial charge < -0.3 is 0 Å². The molecule has 0 saturated carbocycles. The van der Waals surface area contributed by atoms with Crippen molar-refractivity contribution in [1.29, 1.82) is 0 Å². The number of hydrogen-bond donors (Lipinski definition) is 0. The summed E-state index contributed by atoms with van der Waals surface area (Å²) in [6.45, 7) is 17.7. The van der Waals surface area contributed by atoms with Gasteiger partial charge in [-0.15, -0.1) is 83.3 Å². The Morgan fingerprint density at radius 1 is 0.600 bits per heavy atom. The Kier molecular flexibility index (Phi) is 22.1. The first-order chi connectivity index (χ1) is 27.5. The Morgan fingerprint density at radius 3 is 1.48 bits per heavy atom. The van der Waals surface area contributed by atoms with Gasteiger partial charge in [-0.2, -0.15) is 76.7 Å². The van der Waals surface area contributed by atoms with Gasteiger partial charge in [-0.25, -0.2) is 12.2 Å². The van der Waals surface area contributed by atoms with Crippen LogP contribution in [0.4, 0.5) is 0 Å². The van der Waals surface area contributed by atoms with Crippen molar-refractivity contribution >= 4 is 75.4 Å². The third-order valence-electron chi connectivity index (χ3n) is 9.51. The van der Waals surface area contributed by atoms with E-state index in [1.54, 1.807) is 24.3 Å². The Bertz CT molecular complexity index is 2190. The zero-order valence-corrected chi connectivity index (χ0v) is 42.6. The fraction of sp³-hybridized carbons (Fsp3) is 0.226. The molecule has 7 heteroatoms. The van der Waals surface area contributed by atoms with E-state index in [4.69, 9.17) is 46.4 Å². The SMILES string of the molecule is CC(C)(C)c1cc2c([c-]c1-c1ccccc1)Cc1cc(-c3ccccc3)c(C(C)(C)C)cc1-2.Cc1[c-]cc(Cl)cc1Cl.Cc1[c-]cc(Cl)cc1Cl.Cl.Cl.[C-]1=CC=CC1.[CH2]=[Zr]. The van der Waals surface area contributed by atoms with E-state index < -0.39 is 0 Å². The van der Waals surface area contributed by atoms with Crippen molar-refractivity contribution in [1.82, 2.24) is 0 Å². The van der Waals surface area contributed by atoms with Gasteiger partial charge in [-0.3, -0.25) is 6.08 Å². The normalized spacial score (nSPS) is 11.6. The van der Waals surface area contributed by atoms with Gasteiger partial charge in [0.05, 0.1) is 0 Å². The van der Waals surface area contributed by atoms with E-state index in [1.807, 2.05) is 26.0 Å². The molecule has 0 bridgehead atoms. The fourth-order valence-electron chi connectivity index (χ4n) is 6.48. The molecule has 6 aromatic rings. The van der Waals surface area contributed by atoms with Gasteiger partial charge in [0, 0.05) is 0 Å². The topological polar surface area (TPSA) is 0 Å². The molecule has 0 fully saturated rings. The van der Waals surface area contributed by atoms with Crippen LogP contribution in [-0.4, -0.2) is 4.21 Å². The van der Waals surface area contributed by atoms with Crippen LogP contribution < -0.4 is 0 Å². The summed E-state index contributed by atoms with van der Waals surface area (Å²) in [6, 6.07) is 45.4. The molecule has 0 N–H and O–H groups in total. The zero-order chi connectivity index (χ0) is 42.6. The average Bonchev–Trinajstić information content (AvgIpc) is 3.90. The Balaban J connectivity index is 0.000000372. The van der Waals surface area contributed by atoms with Gasteiger partial charge in [0.25, 0.3) is 0 Å². The predicted octanol–water partition coefficient (Wildman–Crippen LogP) is 17.3.